The van der Waals surface area contributed by atoms with Gasteiger partial charge in [-0.25, -0.2) is 0 Å². The smallest absolute Gasteiger partial charge is 0.266 e. The minimum absolute atomic E-state index is 0.00914. The molecule has 1 atom stereocenters. The number of thioether (sulfide) groups is 1. The Kier molecular flexibility index (Phi) is 7.12. The van der Waals surface area contributed by atoms with Gasteiger partial charge in [0, 0.05) is 11.6 Å². The summed E-state index contributed by atoms with van der Waals surface area (Å²) in [5.74, 6) is 0.520. The molecule has 0 unspecified atom stereocenters. The molecule has 124 valence electrons. The highest BCUT2D eigenvalue weighted by atomic mass is 35.5. The van der Waals surface area contributed by atoms with Gasteiger partial charge < -0.3 is 0 Å². The van der Waals surface area contributed by atoms with Crippen molar-refractivity contribution in [3.8, 4) is 0 Å². The molecule has 0 bridgehead atoms. The predicted octanol–water partition coefficient (Wildman–Crippen LogP) is 5.76. The standard InChI is InChI=1S/C18H22ClNOS2/c1-3-5-8-13(4-2)12-20-17(21)16(23-18(20)22)11-14-9-6-7-10-15(14)19/h6-7,9-11,13H,3-5,8,12H2,1-2H3/b16-11-/t13-/m1/s1. The Morgan fingerprint density at radius 1 is 1.35 bits per heavy atom. The molecular weight excluding hydrogens is 346 g/mol. The first-order valence-electron chi connectivity index (χ1n) is 8.06. The van der Waals surface area contributed by atoms with Gasteiger partial charge in [0.2, 0.25) is 0 Å². The molecule has 0 radical (unpaired) electrons. The lowest BCUT2D eigenvalue weighted by Gasteiger charge is -2.21. The topological polar surface area (TPSA) is 20.3 Å². The summed E-state index contributed by atoms with van der Waals surface area (Å²) in [6.07, 6.45) is 6.44. The van der Waals surface area contributed by atoms with Crippen molar-refractivity contribution in [2.75, 3.05) is 6.54 Å². The van der Waals surface area contributed by atoms with E-state index in [1.54, 1.807) is 4.90 Å². The van der Waals surface area contributed by atoms with Gasteiger partial charge in [-0.3, -0.25) is 9.69 Å². The summed E-state index contributed by atoms with van der Waals surface area (Å²) < 4.78 is 0.656. The molecule has 1 aromatic carbocycles. The zero-order chi connectivity index (χ0) is 16.8. The number of hydrogen-bond acceptors (Lipinski definition) is 3. The van der Waals surface area contributed by atoms with Gasteiger partial charge in [-0.2, -0.15) is 0 Å². The van der Waals surface area contributed by atoms with E-state index in [4.69, 9.17) is 23.8 Å². The Balaban J connectivity index is 2.12. The minimum Gasteiger partial charge on any atom is -0.293 e. The van der Waals surface area contributed by atoms with Crippen molar-refractivity contribution in [2.24, 2.45) is 5.92 Å². The lowest BCUT2D eigenvalue weighted by atomic mass is 9.99. The Morgan fingerprint density at radius 2 is 2.09 bits per heavy atom. The second-order valence-corrected chi connectivity index (χ2v) is 7.81. The molecule has 1 aliphatic heterocycles. The van der Waals surface area contributed by atoms with Gasteiger partial charge in [-0.15, -0.1) is 0 Å². The van der Waals surface area contributed by atoms with Crippen LogP contribution in [0.5, 0.6) is 0 Å². The Hall–Kier alpha value is -0.840. The zero-order valence-corrected chi connectivity index (χ0v) is 15.9. The number of halogens is 1. The number of carbonyl (C=O) groups is 1. The Bertz CT molecular complexity index is 615. The second-order valence-electron chi connectivity index (χ2n) is 5.73. The zero-order valence-electron chi connectivity index (χ0n) is 13.5. The van der Waals surface area contributed by atoms with Crippen molar-refractivity contribution in [3.05, 3.63) is 39.8 Å². The molecule has 1 saturated heterocycles. The quantitative estimate of drug-likeness (QED) is 0.451. The first kappa shape index (κ1) is 18.5. The lowest BCUT2D eigenvalue weighted by Crippen LogP contribution is -2.33. The van der Waals surface area contributed by atoms with Gasteiger partial charge in [0.15, 0.2) is 0 Å². The number of benzene rings is 1. The van der Waals surface area contributed by atoms with Crippen molar-refractivity contribution in [1.82, 2.24) is 4.90 Å². The summed E-state index contributed by atoms with van der Waals surface area (Å²) >= 11 is 13.0. The molecule has 1 aromatic rings. The van der Waals surface area contributed by atoms with Gasteiger partial charge in [0.05, 0.1) is 4.91 Å². The van der Waals surface area contributed by atoms with Crippen LogP contribution < -0.4 is 0 Å². The van der Waals surface area contributed by atoms with Crippen LogP contribution in [0.1, 0.15) is 45.1 Å². The predicted molar refractivity (Wildman–Crippen MR) is 105 cm³/mol. The van der Waals surface area contributed by atoms with E-state index >= 15 is 0 Å². The minimum atomic E-state index is 0.00914. The fourth-order valence-corrected chi connectivity index (χ4v) is 4.02. The van der Waals surface area contributed by atoms with Crippen LogP contribution in [-0.4, -0.2) is 21.7 Å². The summed E-state index contributed by atoms with van der Waals surface area (Å²) in [5.41, 5.74) is 0.854. The highest BCUT2D eigenvalue weighted by Gasteiger charge is 2.33. The van der Waals surface area contributed by atoms with Crippen LogP contribution in [0, 0.1) is 5.92 Å². The Morgan fingerprint density at radius 3 is 2.74 bits per heavy atom. The van der Waals surface area contributed by atoms with Crippen LogP contribution in [0.4, 0.5) is 0 Å². The maximum atomic E-state index is 12.7. The monoisotopic (exact) mass is 367 g/mol. The number of rotatable bonds is 7. The summed E-state index contributed by atoms with van der Waals surface area (Å²) in [4.78, 5) is 15.1. The molecule has 1 aliphatic rings. The third-order valence-corrected chi connectivity index (χ3v) is 5.77. The van der Waals surface area contributed by atoms with E-state index < -0.39 is 0 Å². The van der Waals surface area contributed by atoms with Crippen molar-refractivity contribution in [2.45, 2.75) is 39.5 Å². The fraction of sp³-hybridized carbons (Fsp3) is 0.444. The normalized spacial score (nSPS) is 18.0. The van der Waals surface area contributed by atoms with Crippen LogP contribution in [0.15, 0.2) is 29.2 Å². The number of carbonyl (C=O) groups excluding carboxylic acids is 1. The van der Waals surface area contributed by atoms with E-state index in [2.05, 4.69) is 13.8 Å². The van der Waals surface area contributed by atoms with Gasteiger partial charge >= 0.3 is 0 Å². The molecule has 5 heteroatoms. The van der Waals surface area contributed by atoms with Crippen LogP contribution >= 0.6 is 35.6 Å². The third-order valence-electron chi connectivity index (χ3n) is 4.05. The Labute approximate surface area is 153 Å². The molecule has 0 saturated carbocycles. The lowest BCUT2D eigenvalue weighted by molar-refractivity contribution is -0.122. The second kappa shape index (κ2) is 8.86. The van der Waals surface area contributed by atoms with Gasteiger partial charge in [0.1, 0.15) is 4.32 Å². The molecule has 1 fully saturated rings. The maximum Gasteiger partial charge on any atom is 0.266 e. The van der Waals surface area contributed by atoms with Gasteiger partial charge in [0.25, 0.3) is 5.91 Å². The van der Waals surface area contributed by atoms with Crippen molar-refractivity contribution in [3.63, 3.8) is 0 Å². The largest absolute Gasteiger partial charge is 0.293 e. The molecule has 0 aromatic heterocycles. The highest BCUT2D eigenvalue weighted by molar-refractivity contribution is 8.26. The van der Waals surface area contributed by atoms with Crippen molar-refractivity contribution in [1.29, 1.82) is 0 Å². The average Bonchev–Trinajstić information content (AvgIpc) is 2.80. The number of hydrogen-bond donors (Lipinski definition) is 0. The first-order chi connectivity index (χ1) is 11.1. The van der Waals surface area contributed by atoms with E-state index in [1.807, 2.05) is 30.3 Å². The molecule has 0 aliphatic carbocycles. The van der Waals surface area contributed by atoms with Crippen LogP contribution in [0.2, 0.25) is 5.02 Å². The highest BCUT2D eigenvalue weighted by Crippen LogP contribution is 2.34. The van der Waals surface area contributed by atoms with E-state index in [-0.39, 0.29) is 5.91 Å². The SMILES string of the molecule is CCCC[C@@H](CC)CN1C(=O)/C(=C/c2ccccc2Cl)SC1=S. The molecular formula is C18H22ClNOS2. The van der Waals surface area contributed by atoms with Crippen molar-refractivity contribution < 1.29 is 4.79 Å². The molecule has 2 rings (SSSR count). The molecule has 0 N–H and O–H groups in total. The molecule has 23 heavy (non-hydrogen) atoms. The van der Waals surface area contributed by atoms with Gasteiger partial charge in [-0.1, -0.05) is 86.9 Å². The molecule has 0 spiro atoms. The van der Waals surface area contributed by atoms with E-state index in [1.165, 1.54) is 24.6 Å². The summed E-state index contributed by atoms with van der Waals surface area (Å²) in [5, 5.41) is 0.646. The molecule has 1 heterocycles. The van der Waals surface area contributed by atoms with Crippen LogP contribution in [0.3, 0.4) is 0 Å². The molecule has 1 amide bonds. The number of nitrogens with zero attached hydrogens (tertiary/aromatic N) is 1. The van der Waals surface area contributed by atoms with E-state index in [0.29, 0.717) is 20.2 Å². The summed E-state index contributed by atoms with van der Waals surface area (Å²) in [6, 6.07) is 7.53. The number of unbranched alkanes of at least 4 members (excludes halogenated alkanes) is 1. The average molecular weight is 368 g/mol. The van der Waals surface area contributed by atoms with Crippen LogP contribution in [-0.2, 0) is 4.79 Å². The van der Waals surface area contributed by atoms with E-state index in [0.717, 1.165) is 24.9 Å². The van der Waals surface area contributed by atoms with E-state index in [9.17, 15) is 4.79 Å². The summed E-state index contributed by atoms with van der Waals surface area (Å²) in [7, 11) is 0. The number of amides is 1. The summed E-state index contributed by atoms with van der Waals surface area (Å²) in [6.45, 7) is 5.09. The first-order valence-corrected chi connectivity index (χ1v) is 9.67. The van der Waals surface area contributed by atoms with Gasteiger partial charge in [-0.05, 0) is 30.0 Å². The fourth-order valence-electron chi connectivity index (χ4n) is 2.57. The number of thiocarbonyl (C=S) groups is 1. The van der Waals surface area contributed by atoms with Crippen LogP contribution in [0.25, 0.3) is 6.08 Å². The van der Waals surface area contributed by atoms with Crippen molar-refractivity contribution >= 4 is 51.9 Å². The maximum absolute atomic E-state index is 12.7. The molecule has 2 nitrogen and oxygen atoms in total. The third kappa shape index (κ3) is 4.82.